The second-order valence-electron chi connectivity index (χ2n) is 6.89. The molecule has 5 heteroatoms. The van der Waals surface area contributed by atoms with E-state index in [4.69, 9.17) is 0 Å². The lowest BCUT2D eigenvalue weighted by atomic mass is 9.85. The zero-order chi connectivity index (χ0) is 16.5. The van der Waals surface area contributed by atoms with Gasteiger partial charge in [-0.1, -0.05) is 30.7 Å². The molecule has 1 saturated carbocycles. The number of nitrogens with one attached hydrogen (secondary N) is 1. The number of hydrogen-bond donors (Lipinski definition) is 1. The number of fused-ring (bicyclic) bond motifs is 1. The second kappa shape index (κ2) is 6.65. The molecule has 1 aromatic carbocycles. The van der Waals surface area contributed by atoms with Crippen LogP contribution in [0.15, 0.2) is 24.3 Å². The van der Waals surface area contributed by atoms with Gasteiger partial charge in [0.15, 0.2) is 5.13 Å². The van der Waals surface area contributed by atoms with Crippen LogP contribution in [0.1, 0.15) is 41.0 Å². The lowest BCUT2D eigenvalue weighted by Crippen LogP contribution is -2.29. The van der Waals surface area contributed by atoms with Gasteiger partial charge in [-0.3, -0.25) is 9.69 Å². The van der Waals surface area contributed by atoms with Crippen LogP contribution in [0.2, 0.25) is 0 Å². The average Bonchev–Trinajstić information content (AvgIpc) is 2.89. The Bertz CT molecular complexity index is 751. The van der Waals surface area contributed by atoms with Crippen LogP contribution in [0, 0.1) is 12.8 Å². The van der Waals surface area contributed by atoms with E-state index in [2.05, 4.69) is 46.4 Å². The molecule has 0 saturated heterocycles. The molecule has 2 heterocycles. The molecule has 1 N–H and O–H groups in total. The third-order valence-electron chi connectivity index (χ3n) is 5.17. The molecule has 2 aliphatic rings. The molecule has 0 radical (unpaired) electrons. The van der Waals surface area contributed by atoms with Crippen LogP contribution < -0.4 is 5.32 Å². The number of amides is 1. The van der Waals surface area contributed by atoms with Gasteiger partial charge in [-0.2, -0.15) is 0 Å². The molecular formula is C19H23N3OS. The topological polar surface area (TPSA) is 45.2 Å². The van der Waals surface area contributed by atoms with Gasteiger partial charge in [0.1, 0.15) is 0 Å². The predicted octanol–water partition coefficient (Wildman–Crippen LogP) is 3.75. The Morgan fingerprint density at radius 3 is 2.96 bits per heavy atom. The van der Waals surface area contributed by atoms with E-state index in [0.29, 0.717) is 0 Å². The van der Waals surface area contributed by atoms with Crippen LogP contribution in [0.5, 0.6) is 0 Å². The Labute approximate surface area is 146 Å². The molecule has 126 valence electrons. The van der Waals surface area contributed by atoms with Crippen LogP contribution in [0.4, 0.5) is 5.13 Å². The highest BCUT2D eigenvalue weighted by atomic mass is 32.1. The van der Waals surface area contributed by atoms with Gasteiger partial charge in [0.2, 0.25) is 5.91 Å². The zero-order valence-corrected chi connectivity index (χ0v) is 14.9. The number of nitrogens with zero attached hydrogens (tertiary/aromatic N) is 2. The first-order valence-electron chi connectivity index (χ1n) is 8.75. The van der Waals surface area contributed by atoms with E-state index in [-0.39, 0.29) is 11.8 Å². The molecule has 1 fully saturated rings. The van der Waals surface area contributed by atoms with Crippen molar-refractivity contribution in [1.29, 1.82) is 0 Å². The summed E-state index contributed by atoms with van der Waals surface area (Å²) in [5, 5.41) is 3.81. The number of aromatic nitrogens is 1. The quantitative estimate of drug-likeness (QED) is 0.921. The maximum atomic E-state index is 12.1. The lowest BCUT2D eigenvalue weighted by molar-refractivity contribution is -0.122. The van der Waals surface area contributed by atoms with Crippen molar-refractivity contribution >= 4 is 22.4 Å². The largest absolute Gasteiger partial charge is 0.302 e. The highest BCUT2D eigenvalue weighted by Gasteiger charge is 2.27. The van der Waals surface area contributed by atoms with Crippen LogP contribution in [0.3, 0.4) is 0 Å². The molecule has 0 bridgehead atoms. The average molecular weight is 341 g/mol. The van der Waals surface area contributed by atoms with Crippen molar-refractivity contribution in [2.45, 2.75) is 45.7 Å². The third kappa shape index (κ3) is 3.23. The Balaban J connectivity index is 1.41. The minimum Gasteiger partial charge on any atom is -0.302 e. The minimum atomic E-state index is 0.157. The van der Waals surface area contributed by atoms with Crippen molar-refractivity contribution in [3.05, 3.63) is 46.0 Å². The highest BCUT2D eigenvalue weighted by molar-refractivity contribution is 7.15. The van der Waals surface area contributed by atoms with Crippen molar-refractivity contribution in [3.63, 3.8) is 0 Å². The van der Waals surface area contributed by atoms with Gasteiger partial charge in [-0.05, 0) is 30.9 Å². The Morgan fingerprint density at radius 1 is 1.38 bits per heavy atom. The van der Waals surface area contributed by atoms with Crippen molar-refractivity contribution in [2.75, 3.05) is 11.9 Å². The fourth-order valence-electron chi connectivity index (χ4n) is 3.34. The molecule has 1 aliphatic carbocycles. The second-order valence-corrected chi connectivity index (χ2v) is 7.98. The molecule has 24 heavy (non-hydrogen) atoms. The summed E-state index contributed by atoms with van der Waals surface area (Å²) in [4.78, 5) is 20.5. The summed E-state index contributed by atoms with van der Waals surface area (Å²) < 4.78 is 0. The van der Waals surface area contributed by atoms with E-state index in [9.17, 15) is 4.79 Å². The summed E-state index contributed by atoms with van der Waals surface area (Å²) in [7, 11) is 0. The zero-order valence-electron chi connectivity index (χ0n) is 14.0. The van der Waals surface area contributed by atoms with Gasteiger partial charge in [0, 0.05) is 36.9 Å². The summed E-state index contributed by atoms with van der Waals surface area (Å²) in [6, 6.07) is 8.58. The van der Waals surface area contributed by atoms with E-state index in [1.165, 1.54) is 28.1 Å². The Hall–Kier alpha value is -1.72. The fraction of sp³-hybridized carbons (Fsp3) is 0.474. The number of carbonyl (C=O) groups is 1. The third-order valence-corrected chi connectivity index (χ3v) is 6.17. The van der Waals surface area contributed by atoms with Crippen molar-refractivity contribution in [3.8, 4) is 0 Å². The van der Waals surface area contributed by atoms with Crippen molar-refractivity contribution < 1.29 is 4.79 Å². The SMILES string of the molecule is Cc1ccccc1CN1CCc2nc(NC(=O)C3CCC3)sc2C1. The maximum absolute atomic E-state index is 12.1. The molecule has 0 spiro atoms. The monoisotopic (exact) mass is 341 g/mol. The fourth-order valence-corrected chi connectivity index (χ4v) is 4.40. The lowest BCUT2D eigenvalue weighted by Gasteiger charge is -2.26. The molecule has 1 aromatic heterocycles. The summed E-state index contributed by atoms with van der Waals surface area (Å²) in [6.45, 7) is 5.11. The van der Waals surface area contributed by atoms with Gasteiger partial charge in [-0.15, -0.1) is 11.3 Å². The first-order chi connectivity index (χ1) is 11.7. The number of benzene rings is 1. The number of anilines is 1. The first kappa shape index (κ1) is 15.8. The van der Waals surface area contributed by atoms with Crippen molar-refractivity contribution in [1.82, 2.24) is 9.88 Å². The molecule has 2 aromatic rings. The van der Waals surface area contributed by atoms with Crippen LogP contribution in [0.25, 0.3) is 0 Å². The van der Waals surface area contributed by atoms with E-state index < -0.39 is 0 Å². The van der Waals surface area contributed by atoms with Crippen LogP contribution in [-0.4, -0.2) is 22.3 Å². The molecule has 0 atom stereocenters. The number of rotatable bonds is 4. The summed E-state index contributed by atoms with van der Waals surface area (Å²) in [5.74, 6) is 0.368. The normalized spacial score (nSPS) is 18.0. The smallest absolute Gasteiger partial charge is 0.229 e. The van der Waals surface area contributed by atoms with Gasteiger partial charge in [0.25, 0.3) is 0 Å². The summed E-state index contributed by atoms with van der Waals surface area (Å²) >= 11 is 1.65. The van der Waals surface area contributed by atoms with Gasteiger partial charge < -0.3 is 5.32 Å². The predicted molar refractivity (Wildman–Crippen MR) is 97.1 cm³/mol. The van der Waals surface area contributed by atoms with Crippen LogP contribution in [-0.2, 0) is 24.3 Å². The molecular weight excluding hydrogens is 318 g/mol. The number of thiazole rings is 1. The molecule has 1 aliphatic heterocycles. The minimum absolute atomic E-state index is 0.157. The van der Waals surface area contributed by atoms with Crippen molar-refractivity contribution in [2.24, 2.45) is 5.92 Å². The summed E-state index contributed by atoms with van der Waals surface area (Å²) in [5.41, 5.74) is 3.91. The Morgan fingerprint density at radius 2 is 2.21 bits per heavy atom. The number of aryl methyl sites for hydroxylation is 1. The molecule has 4 rings (SSSR count). The number of carbonyl (C=O) groups excluding carboxylic acids is 1. The first-order valence-corrected chi connectivity index (χ1v) is 9.57. The Kier molecular flexibility index (Phi) is 4.37. The van der Waals surface area contributed by atoms with E-state index in [0.717, 1.165) is 44.0 Å². The summed E-state index contributed by atoms with van der Waals surface area (Å²) in [6.07, 6.45) is 4.21. The van der Waals surface area contributed by atoms with Gasteiger partial charge in [-0.25, -0.2) is 4.98 Å². The number of hydrogen-bond acceptors (Lipinski definition) is 4. The maximum Gasteiger partial charge on any atom is 0.229 e. The highest BCUT2D eigenvalue weighted by Crippen LogP contribution is 2.32. The van der Waals surface area contributed by atoms with Crippen LogP contribution >= 0.6 is 11.3 Å². The van der Waals surface area contributed by atoms with E-state index in [1.807, 2.05) is 0 Å². The van der Waals surface area contributed by atoms with Gasteiger partial charge in [0.05, 0.1) is 5.69 Å². The standard InChI is InChI=1S/C19H23N3OS/c1-13-5-2-3-6-15(13)11-22-10-9-16-17(12-22)24-19(20-16)21-18(23)14-7-4-8-14/h2-3,5-6,14H,4,7-12H2,1H3,(H,20,21,23). The van der Waals surface area contributed by atoms with Gasteiger partial charge >= 0.3 is 0 Å². The molecule has 0 unspecified atom stereocenters. The van der Waals surface area contributed by atoms with E-state index >= 15 is 0 Å². The van der Waals surface area contributed by atoms with E-state index in [1.54, 1.807) is 11.3 Å². The molecule has 1 amide bonds. The molecule has 4 nitrogen and oxygen atoms in total.